The number of ether oxygens (including phenoxy) is 1. The molecule has 0 saturated carbocycles. The van der Waals surface area contributed by atoms with Crippen molar-refractivity contribution < 1.29 is 59.2 Å². The Hall–Kier alpha value is -0.0900. The predicted molar refractivity (Wildman–Crippen MR) is 79.8 cm³/mol. The van der Waals surface area contributed by atoms with E-state index in [9.17, 15) is 19.8 Å². The van der Waals surface area contributed by atoms with Crippen molar-refractivity contribution >= 4 is 23.6 Å². The average Bonchev–Trinajstić information content (AvgIpc) is 3.02. The molecule has 0 aliphatic carbocycles. The number of nitrogens with zero attached hydrogens (tertiary/aromatic N) is 1. The molecule has 6 unspecified atom stereocenters. The summed E-state index contributed by atoms with van der Waals surface area (Å²) < 4.78 is 5.43. The molecule has 3 heterocycles. The number of hydrogen-bond acceptors (Lipinski definition) is 7. The third-order valence-corrected chi connectivity index (χ3v) is 6.32. The SMILES string of the molecule is CC(O)C1C(=O)N2C(C(=O)[O-])=C(SC3COC(CO)C3)C(C)C12.[Na+]. The molecule has 2 N–H and O–H groups in total. The second-order valence-electron chi connectivity index (χ2n) is 6.37. The quantitative estimate of drug-likeness (QED) is 0.375. The van der Waals surface area contributed by atoms with E-state index in [2.05, 4.69) is 0 Å². The molecule has 0 spiro atoms. The summed E-state index contributed by atoms with van der Waals surface area (Å²) in [6, 6.07) is -0.325. The topological polar surface area (TPSA) is 110 Å². The van der Waals surface area contributed by atoms with E-state index in [-0.39, 0.29) is 71.1 Å². The van der Waals surface area contributed by atoms with Crippen molar-refractivity contribution in [1.82, 2.24) is 4.90 Å². The van der Waals surface area contributed by atoms with Crippen LogP contribution in [0.5, 0.6) is 0 Å². The number of aliphatic hydroxyl groups excluding tert-OH is 2. The first-order valence-electron chi connectivity index (χ1n) is 7.72. The van der Waals surface area contributed by atoms with Crippen LogP contribution in [0.3, 0.4) is 0 Å². The fourth-order valence-electron chi connectivity index (χ4n) is 3.73. The van der Waals surface area contributed by atoms with E-state index in [0.717, 1.165) is 0 Å². The molecule has 0 bridgehead atoms. The van der Waals surface area contributed by atoms with Gasteiger partial charge in [-0.1, -0.05) is 6.92 Å². The van der Waals surface area contributed by atoms with Crippen molar-refractivity contribution in [3.05, 3.63) is 10.6 Å². The fraction of sp³-hybridized carbons (Fsp3) is 0.733. The molecular formula is C15H20NNaO6S. The number of carbonyl (C=O) groups excluding carboxylic acids is 2. The van der Waals surface area contributed by atoms with Crippen LogP contribution in [0.25, 0.3) is 0 Å². The molecule has 24 heavy (non-hydrogen) atoms. The molecule has 1 amide bonds. The van der Waals surface area contributed by atoms with Gasteiger partial charge in [-0.25, -0.2) is 0 Å². The number of carboxylic acid groups (broad SMARTS) is 1. The number of aliphatic hydroxyl groups is 2. The van der Waals surface area contributed by atoms with E-state index in [1.165, 1.54) is 16.7 Å². The Bertz CT molecular complexity index is 568. The number of thioether (sulfide) groups is 1. The Morgan fingerprint density at radius 3 is 2.71 bits per heavy atom. The normalized spacial score (nSPS) is 36.2. The summed E-state index contributed by atoms with van der Waals surface area (Å²) in [5.41, 5.74) is -0.0677. The van der Waals surface area contributed by atoms with Crippen molar-refractivity contribution in [3.63, 3.8) is 0 Å². The summed E-state index contributed by atoms with van der Waals surface area (Å²) in [6.07, 6.45) is -0.400. The number of rotatable bonds is 5. The molecule has 9 heteroatoms. The summed E-state index contributed by atoms with van der Waals surface area (Å²) in [5.74, 6) is -2.46. The number of fused-ring (bicyclic) bond motifs is 1. The van der Waals surface area contributed by atoms with E-state index >= 15 is 0 Å². The summed E-state index contributed by atoms with van der Waals surface area (Å²) in [4.78, 5) is 25.6. The van der Waals surface area contributed by atoms with Gasteiger partial charge in [0.05, 0.1) is 49.0 Å². The van der Waals surface area contributed by atoms with Gasteiger partial charge in [-0.3, -0.25) is 4.79 Å². The molecule has 0 radical (unpaired) electrons. The standard InChI is InChI=1S/C15H21NO6S.Na/c1-6-11-10(7(2)18)14(19)16(11)12(15(20)21)13(6)23-9-3-8(4-17)22-5-9;/h6-11,17-18H,3-5H2,1-2H3,(H,20,21);/q;+1/p-1. The summed E-state index contributed by atoms with van der Waals surface area (Å²) in [7, 11) is 0. The summed E-state index contributed by atoms with van der Waals surface area (Å²) in [5, 5.41) is 30.5. The van der Waals surface area contributed by atoms with Gasteiger partial charge in [0.1, 0.15) is 0 Å². The Labute approximate surface area is 166 Å². The summed E-state index contributed by atoms with van der Waals surface area (Å²) >= 11 is 1.39. The van der Waals surface area contributed by atoms with Crippen LogP contribution in [0.4, 0.5) is 0 Å². The predicted octanol–water partition coefficient (Wildman–Crippen LogP) is -4.31. The van der Waals surface area contributed by atoms with Gasteiger partial charge >= 0.3 is 29.6 Å². The number of β-lactam (4-membered cyclic amide) rings is 1. The van der Waals surface area contributed by atoms with E-state index in [0.29, 0.717) is 17.9 Å². The molecule has 0 aromatic heterocycles. The van der Waals surface area contributed by atoms with Crippen molar-refractivity contribution in [2.24, 2.45) is 11.8 Å². The molecule has 0 aromatic carbocycles. The maximum absolute atomic E-state index is 12.2. The zero-order valence-electron chi connectivity index (χ0n) is 14.0. The van der Waals surface area contributed by atoms with Crippen molar-refractivity contribution in [1.29, 1.82) is 0 Å². The van der Waals surface area contributed by atoms with Crippen LogP contribution in [-0.2, 0) is 14.3 Å². The molecule has 3 aliphatic heterocycles. The number of amides is 1. The van der Waals surface area contributed by atoms with Gasteiger partial charge in [0.25, 0.3) is 0 Å². The largest absolute Gasteiger partial charge is 1.00 e. The first-order valence-corrected chi connectivity index (χ1v) is 8.60. The Kier molecular flexibility index (Phi) is 6.45. The van der Waals surface area contributed by atoms with Crippen LogP contribution < -0.4 is 34.7 Å². The van der Waals surface area contributed by atoms with Crippen LogP contribution in [0, 0.1) is 11.8 Å². The van der Waals surface area contributed by atoms with Crippen LogP contribution in [0.2, 0.25) is 0 Å². The summed E-state index contributed by atoms with van der Waals surface area (Å²) in [6.45, 7) is 3.80. The van der Waals surface area contributed by atoms with E-state index in [1.54, 1.807) is 6.92 Å². The second kappa shape index (κ2) is 7.65. The molecule has 6 atom stereocenters. The molecular weight excluding hydrogens is 345 g/mol. The van der Waals surface area contributed by atoms with Gasteiger partial charge in [-0.05, 0) is 13.3 Å². The third kappa shape index (κ3) is 3.18. The van der Waals surface area contributed by atoms with Gasteiger partial charge < -0.3 is 29.8 Å². The second-order valence-corrected chi connectivity index (χ2v) is 7.71. The maximum Gasteiger partial charge on any atom is 1.00 e. The third-order valence-electron chi connectivity index (χ3n) is 4.84. The maximum atomic E-state index is 12.2. The Balaban J connectivity index is 0.00000208. The molecule has 3 aliphatic rings. The first-order chi connectivity index (χ1) is 10.9. The molecule has 0 aromatic rings. The van der Waals surface area contributed by atoms with Crippen LogP contribution in [0.15, 0.2) is 10.6 Å². The number of aliphatic carboxylic acids is 1. The minimum Gasteiger partial charge on any atom is -0.543 e. The minimum atomic E-state index is -1.36. The van der Waals surface area contributed by atoms with Gasteiger partial charge in [0.15, 0.2) is 0 Å². The first kappa shape index (κ1) is 20.2. The van der Waals surface area contributed by atoms with Gasteiger partial charge in [0, 0.05) is 16.1 Å². The molecule has 3 rings (SSSR count). The van der Waals surface area contributed by atoms with Crippen LogP contribution in [-0.4, -0.2) is 63.7 Å². The van der Waals surface area contributed by atoms with Crippen molar-refractivity contribution in [2.45, 2.75) is 43.8 Å². The molecule has 2 fully saturated rings. The number of carboxylic acids is 1. The minimum absolute atomic E-state index is 0. The zero-order valence-corrected chi connectivity index (χ0v) is 16.8. The van der Waals surface area contributed by atoms with E-state index < -0.39 is 18.0 Å². The van der Waals surface area contributed by atoms with Crippen LogP contribution >= 0.6 is 11.8 Å². The van der Waals surface area contributed by atoms with Gasteiger partial charge in [-0.15, -0.1) is 11.8 Å². The van der Waals surface area contributed by atoms with E-state index in [1.807, 2.05) is 6.92 Å². The Morgan fingerprint density at radius 1 is 1.54 bits per heavy atom. The smallest absolute Gasteiger partial charge is 0.543 e. The van der Waals surface area contributed by atoms with Crippen molar-refractivity contribution in [3.8, 4) is 0 Å². The Morgan fingerprint density at radius 2 is 2.21 bits per heavy atom. The average molecular weight is 365 g/mol. The molecule has 2 saturated heterocycles. The monoisotopic (exact) mass is 365 g/mol. The molecule has 7 nitrogen and oxygen atoms in total. The number of carbonyl (C=O) groups is 2. The van der Waals surface area contributed by atoms with Crippen LogP contribution in [0.1, 0.15) is 20.3 Å². The molecule has 128 valence electrons. The van der Waals surface area contributed by atoms with Gasteiger partial charge in [-0.2, -0.15) is 0 Å². The van der Waals surface area contributed by atoms with Gasteiger partial charge in [0.2, 0.25) is 5.91 Å². The van der Waals surface area contributed by atoms with Crippen molar-refractivity contribution in [2.75, 3.05) is 13.2 Å². The van der Waals surface area contributed by atoms with E-state index in [4.69, 9.17) is 9.84 Å². The number of hydrogen-bond donors (Lipinski definition) is 2. The zero-order chi connectivity index (χ0) is 16.9. The fourth-order valence-corrected chi connectivity index (χ4v) is 5.19.